The minimum absolute atomic E-state index is 0. The number of hydrogen-bond acceptors (Lipinski definition) is 4. The minimum Gasteiger partial charge on any atom is -0.494 e. The van der Waals surface area contributed by atoms with Gasteiger partial charge in [0.1, 0.15) is 23.2 Å². The summed E-state index contributed by atoms with van der Waals surface area (Å²) in [5, 5.41) is 14.7. The quantitative estimate of drug-likeness (QED) is 0.213. The summed E-state index contributed by atoms with van der Waals surface area (Å²) in [5.41, 5.74) is 12.2. The summed E-state index contributed by atoms with van der Waals surface area (Å²) in [5.74, 6) is 1.68. The van der Waals surface area contributed by atoms with Crippen molar-refractivity contribution in [1.82, 2.24) is 0 Å². The fourth-order valence-corrected chi connectivity index (χ4v) is 2.22. The van der Waals surface area contributed by atoms with E-state index in [1.165, 1.54) is 0 Å². The Balaban J connectivity index is 0.00000338. The summed E-state index contributed by atoms with van der Waals surface area (Å²) in [6, 6.07) is 14.4. The maximum absolute atomic E-state index is 7.34. The zero-order valence-corrected chi connectivity index (χ0v) is 16.7. The van der Waals surface area contributed by atoms with Crippen LogP contribution in [-0.4, -0.2) is 24.9 Å². The summed E-state index contributed by atoms with van der Waals surface area (Å²) in [6.45, 7) is 1.29. The SMILES string of the molecule is N=C(N)c1ccc(OCCCCCOc2ccc(C(=N)N)cc2)cc1.[Pt+2]. The second-order valence-corrected chi connectivity index (χ2v) is 5.63. The van der Waals surface area contributed by atoms with Crippen LogP contribution in [0.1, 0.15) is 30.4 Å². The Hall–Kier alpha value is -2.33. The summed E-state index contributed by atoms with van der Waals surface area (Å²) in [6.07, 6.45) is 2.90. The van der Waals surface area contributed by atoms with Gasteiger partial charge in [-0.2, -0.15) is 0 Å². The van der Waals surface area contributed by atoms with Crippen molar-refractivity contribution in [1.29, 1.82) is 10.8 Å². The molecule has 0 aliphatic heterocycles. The first-order valence-corrected chi connectivity index (χ1v) is 8.21. The third-order valence-electron chi connectivity index (χ3n) is 3.66. The molecule has 2 rings (SSSR count). The van der Waals surface area contributed by atoms with Gasteiger partial charge in [-0.3, -0.25) is 10.8 Å². The molecule has 0 saturated heterocycles. The molecule has 2 aromatic rings. The van der Waals surface area contributed by atoms with Gasteiger partial charge in [0.05, 0.1) is 13.2 Å². The standard InChI is InChI=1S/C19H24N4O2.Pt/c20-18(21)14-4-8-16(9-5-14)24-12-2-1-3-13-25-17-10-6-15(7-11-17)19(22)23;/h4-11H,1-3,12-13H2,(H3,20,21)(H3,22,23);/q;+2. The van der Waals surface area contributed by atoms with Gasteiger partial charge in [0, 0.05) is 11.1 Å². The number of nitrogens with one attached hydrogen (secondary N) is 2. The topological polar surface area (TPSA) is 118 Å². The fourth-order valence-electron chi connectivity index (χ4n) is 2.22. The predicted molar refractivity (Wildman–Crippen MR) is 99.8 cm³/mol. The van der Waals surface area contributed by atoms with Crippen molar-refractivity contribution in [3.8, 4) is 11.5 Å². The van der Waals surface area contributed by atoms with Crippen molar-refractivity contribution < 1.29 is 30.5 Å². The van der Waals surface area contributed by atoms with Crippen LogP contribution in [0.5, 0.6) is 11.5 Å². The number of amidine groups is 2. The molecule has 6 N–H and O–H groups in total. The second-order valence-electron chi connectivity index (χ2n) is 5.63. The van der Waals surface area contributed by atoms with E-state index in [1.54, 1.807) is 24.3 Å². The molecule has 0 unspecified atom stereocenters. The summed E-state index contributed by atoms with van der Waals surface area (Å²) in [7, 11) is 0. The molecule has 0 aliphatic rings. The molecule has 0 amide bonds. The fraction of sp³-hybridized carbons (Fsp3) is 0.263. The van der Waals surface area contributed by atoms with E-state index < -0.39 is 0 Å². The van der Waals surface area contributed by atoms with Gasteiger partial charge in [-0.15, -0.1) is 0 Å². The molecule has 0 aromatic heterocycles. The molecule has 0 radical (unpaired) electrons. The monoisotopic (exact) mass is 535 g/mol. The molecule has 0 fully saturated rings. The first-order chi connectivity index (χ1) is 12.1. The van der Waals surface area contributed by atoms with Crippen LogP contribution in [-0.2, 0) is 21.1 Å². The number of nitrogen functional groups attached to an aromatic ring is 2. The van der Waals surface area contributed by atoms with Crippen LogP contribution < -0.4 is 20.9 Å². The van der Waals surface area contributed by atoms with Crippen LogP contribution in [0.15, 0.2) is 48.5 Å². The van der Waals surface area contributed by atoms with Crippen LogP contribution >= 0.6 is 0 Å². The van der Waals surface area contributed by atoms with E-state index in [4.69, 9.17) is 31.8 Å². The molecule has 0 heterocycles. The molecule has 0 bridgehead atoms. The Kier molecular flexibility index (Phi) is 9.45. The van der Waals surface area contributed by atoms with E-state index in [1.807, 2.05) is 24.3 Å². The summed E-state index contributed by atoms with van der Waals surface area (Å²) >= 11 is 0. The Bertz CT molecular complexity index is 641. The molecular weight excluding hydrogens is 511 g/mol. The zero-order valence-electron chi connectivity index (χ0n) is 14.4. The van der Waals surface area contributed by atoms with Gasteiger partial charge in [0.15, 0.2) is 0 Å². The maximum Gasteiger partial charge on any atom is 2.00 e. The second kappa shape index (κ2) is 11.3. The molecular formula is C19H24N4O2Pt+2. The van der Waals surface area contributed by atoms with Crippen molar-refractivity contribution in [3.05, 3.63) is 59.7 Å². The molecule has 6 nitrogen and oxygen atoms in total. The van der Waals surface area contributed by atoms with Gasteiger partial charge >= 0.3 is 21.1 Å². The molecule has 0 atom stereocenters. The Labute approximate surface area is 168 Å². The number of unbranched alkanes of at least 4 members (excludes halogenated alkanes) is 2. The Morgan fingerprint density at radius 1 is 0.654 bits per heavy atom. The predicted octanol–water partition coefficient (Wildman–Crippen LogP) is 2.88. The number of rotatable bonds is 10. The molecule has 0 saturated carbocycles. The largest absolute Gasteiger partial charge is 2.00 e. The van der Waals surface area contributed by atoms with Gasteiger partial charge in [0.25, 0.3) is 0 Å². The zero-order chi connectivity index (χ0) is 18.1. The van der Waals surface area contributed by atoms with E-state index in [-0.39, 0.29) is 32.7 Å². The van der Waals surface area contributed by atoms with E-state index >= 15 is 0 Å². The van der Waals surface area contributed by atoms with Crippen LogP contribution in [0.4, 0.5) is 0 Å². The van der Waals surface area contributed by atoms with Crippen molar-refractivity contribution in [3.63, 3.8) is 0 Å². The summed E-state index contributed by atoms with van der Waals surface area (Å²) < 4.78 is 11.3. The van der Waals surface area contributed by atoms with E-state index in [2.05, 4.69) is 0 Å². The van der Waals surface area contributed by atoms with E-state index in [0.29, 0.717) is 24.3 Å². The smallest absolute Gasteiger partial charge is 0.494 e. The van der Waals surface area contributed by atoms with Gasteiger partial charge in [0.2, 0.25) is 0 Å². The van der Waals surface area contributed by atoms with Crippen LogP contribution in [0, 0.1) is 10.8 Å². The van der Waals surface area contributed by atoms with Crippen LogP contribution in [0.25, 0.3) is 0 Å². The minimum atomic E-state index is 0. The van der Waals surface area contributed by atoms with Gasteiger partial charge in [-0.25, -0.2) is 0 Å². The van der Waals surface area contributed by atoms with Crippen molar-refractivity contribution in [2.45, 2.75) is 19.3 Å². The average Bonchev–Trinajstić information content (AvgIpc) is 2.61. The van der Waals surface area contributed by atoms with Crippen molar-refractivity contribution in [2.75, 3.05) is 13.2 Å². The number of benzene rings is 2. The first-order valence-electron chi connectivity index (χ1n) is 8.21. The molecule has 0 aliphatic carbocycles. The van der Waals surface area contributed by atoms with Crippen molar-refractivity contribution in [2.24, 2.45) is 11.5 Å². The van der Waals surface area contributed by atoms with Crippen molar-refractivity contribution >= 4 is 11.7 Å². The van der Waals surface area contributed by atoms with Gasteiger partial charge < -0.3 is 20.9 Å². The number of nitrogens with two attached hydrogens (primary N) is 2. The van der Waals surface area contributed by atoms with Gasteiger partial charge in [-0.1, -0.05) is 0 Å². The third kappa shape index (κ3) is 7.28. The molecule has 140 valence electrons. The molecule has 7 heteroatoms. The van der Waals surface area contributed by atoms with Crippen LogP contribution in [0.2, 0.25) is 0 Å². The normalized spacial score (nSPS) is 9.85. The number of ether oxygens (including phenoxy) is 2. The molecule has 2 aromatic carbocycles. The molecule has 0 spiro atoms. The first kappa shape index (κ1) is 21.7. The van der Waals surface area contributed by atoms with Gasteiger partial charge in [-0.05, 0) is 67.8 Å². The Morgan fingerprint density at radius 3 is 1.31 bits per heavy atom. The van der Waals surface area contributed by atoms with Crippen LogP contribution in [0.3, 0.4) is 0 Å². The Morgan fingerprint density at radius 2 is 1.00 bits per heavy atom. The third-order valence-corrected chi connectivity index (χ3v) is 3.66. The maximum atomic E-state index is 7.34. The average molecular weight is 536 g/mol. The number of hydrogen-bond donors (Lipinski definition) is 4. The van der Waals surface area contributed by atoms with E-state index in [9.17, 15) is 0 Å². The van der Waals surface area contributed by atoms with E-state index in [0.717, 1.165) is 30.8 Å². The summed E-state index contributed by atoms with van der Waals surface area (Å²) in [4.78, 5) is 0. The molecule has 26 heavy (non-hydrogen) atoms.